The van der Waals surface area contributed by atoms with Crippen molar-refractivity contribution in [2.75, 3.05) is 12.4 Å². The van der Waals surface area contributed by atoms with Gasteiger partial charge in [-0.25, -0.2) is 0 Å². The van der Waals surface area contributed by atoms with Crippen LogP contribution in [0.3, 0.4) is 0 Å². The number of carbonyl (C=O) groups excluding carboxylic acids is 1. The summed E-state index contributed by atoms with van der Waals surface area (Å²) in [4.78, 5) is 10.6. The Morgan fingerprint density at radius 2 is 2.30 bits per heavy atom. The molecule has 0 unspecified atom stereocenters. The lowest BCUT2D eigenvalue weighted by Gasteiger charge is -2.05. The highest BCUT2D eigenvalue weighted by atomic mass is 35.5. The van der Waals surface area contributed by atoms with Gasteiger partial charge >= 0.3 is 5.97 Å². The van der Waals surface area contributed by atoms with Crippen molar-refractivity contribution in [3.05, 3.63) is 0 Å². The first-order valence-electron chi connectivity index (χ1n) is 2.75. The minimum atomic E-state index is -0.576. The van der Waals surface area contributed by atoms with Gasteiger partial charge in [0.2, 0.25) is 0 Å². The molecular weight excluding hydrogens is 175 g/mol. The van der Waals surface area contributed by atoms with Crippen molar-refractivity contribution in [2.45, 2.75) is 13.0 Å². The van der Waals surface area contributed by atoms with Gasteiger partial charge in [0.05, 0.1) is 6.61 Å². The summed E-state index contributed by atoms with van der Waals surface area (Å²) in [7, 11) is 0. The summed E-state index contributed by atoms with van der Waals surface area (Å²) >= 11 is 3.82. The maximum Gasteiger partial charge on any atom is 0.323 e. The molecule has 0 aromatic carbocycles. The van der Waals surface area contributed by atoms with Crippen LogP contribution in [-0.2, 0) is 9.53 Å². The second-order valence-electron chi connectivity index (χ2n) is 1.54. The Balaban J connectivity index is 0. The zero-order valence-electron chi connectivity index (χ0n) is 5.74. The molecule has 0 radical (unpaired) electrons. The van der Waals surface area contributed by atoms with E-state index in [1.54, 1.807) is 6.92 Å². The molecule has 10 heavy (non-hydrogen) atoms. The number of hydrogen-bond acceptors (Lipinski definition) is 4. The maximum absolute atomic E-state index is 10.6. The van der Waals surface area contributed by atoms with Crippen molar-refractivity contribution in [1.29, 1.82) is 0 Å². The summed E-state index contributed by atoms with van der Waals surface area (Å²) in [6.07, 6.45) is 0. The molecule has 0 spiro atoms. The van der Waals surface area contributed by atoms with Gasteiger partial charge in [-0.15, -0.1) is 12.4 Å². The van der Waals surface area contributed by atoms with E-state index in [-0.39, 0.29) is 18.4 Å². The van der Waals surface area contributed by atoms with Crippen LogP contribution in [0.1, 0.15) is 6.92 Å². The van der Waals surface area contributed by atoms with E-state index in [0.29, 0.717) is 12.4 Å². The van der Waals surface area contributed by atoms with Gasteiger partial charge in [0.1, 0.15) is 6.04 Å². The van der Waals surface area contributed by atoms with Crippen molar-refractivity contribution in [1.82, 2.24) is 0 Å². The molecular formula is C5H12ClNO2S. The van der Waals surface area contributed by atoms with Crippen molar-refractivity contribution in [3.8, 4) is 0 Å². The van der Waals surface area contributed by atoms with Crippen LogP contribution >= 0.6 is 25.0 Å². The molecule has 0 aliphatic rings. The predicted octanol–water partition coefficient (Wildman–Crippen LogP) is 0.228. The third-order valence-corrected chi connectivity index (χ3v) is 1.18. The van der Waals surface area contributed by atoms with Crippen molar-refractivity contribution in [2.24, 2.45) is 5.73 Å². The summed E-state index contributed by atoms with van der Waals surface area (Å²) in [5, 5.41) is 0. The second kappa shape index (κ2) is 7.18. The highest BCUT2D eigenvalue weighted by Crippen LogP contribution is 1.87. The first-order chi connectivity index (χ1) is 4.22. The molecule has 0 aromatic heterocycles. The van der Waals surface area contributed by atoms with Crippen LogP contribution < -0.4 is 5.73 Å². The van der Waals surface area contributed by atoms with E-state index < -0.39 is 6.04 Å². The molecule has 0 amide bonds. The lowest BCUT2D eigenvalue weighted by Crippen LogP contribution is -2.33. The SMILES string of the molecule is CCOC(=O)[C@@H](N)[13CH2]S.Cl. The van der Waals surface area contributed by atoms with Gasteiger partial charge in [0.25, 0.3) is 0 Å². The fourth-order valence-electron chi connectivity index (χ4n) is 0.324. The van der Waals surface area contributed by atoms with E-state index >= 15 is 0 Å². The van der Waals surface area contributed by atoms with Crippen molar-refractivity contribution < 1.29 is 9.53 Å². The van der Waals surface area contributed by atoms with E-state index in [1.807, 2.05) is 0 Å². The van der Waals surface area contributed by atoms with E-state index in [1.165, 1.54) is 0 Å². The van der Waals surface area contributed by atoms with Crippen LogP contribution in [0.4, 0.5) is 0 Å². The van der Waals surface area contributed by atoms with Crippen LogP contribution in [-0.4, -0.2) is 24.4 Å². The largest absolute Gasteiger partial charge is 0.465 e. The Morgan fingerprint density at radius 1 is 1.80 bits per heavy atom. The van der Waals surface area contributed by atoms with Crippen molar-refractivity contribution >= 4 is 31.0 Å². The zero-order valence-corrected chi connectivity index (χ0v) is 7.45. The standard InChI is InChI=1S/C5H11NO2S.ClH/c1-2-8-5(7)4(6)3-9;/h4,9H,2-3,6H2,1H3;1H/t4-;/m0./s1/i3+1;. The zero-order chi connectivity index (χ0) is 7.28. The number of esters is 1. The number of nitrogens with two attached hydrogens (primary N) is 1. The average molecular weight is 187 g/mol. The molecule has 0 bridgehead atoms. The number of halogens is 1. The number of hydrogen-bond donors (Lipinski definition) is 2. The first-order valence-corrected chi connectivity index (χ1v) is 3.38. The number of thiol groups is 1. The number of carbonyl (C=O) groups is 1. The van der Waals surface area contributed by atoms with E-state index in [4.69, 9.17) is 5.73 Å². The Labute approximate surface area is 72.1 Å². The molecule has 0 heterocycles. The van der Waals surface area contributed by atoms with Crippen molar-refractivity contribution in [3.63, 3.8) is 0 Å². The van der Waals surface area contributed by atoms with Crippen LogP contribution in [0, 0.1) is 0 Å². The second-order valence-corrected chi connectivity index (χ2v) is 1.91. The minimum absolute atomic E-state index is 0. The highest BCUT2D eigenvalue weighted by molar-refractivity contribution is 7.80. The van der Waals surface area contributed by atoms with Crippen LogP contribution in [0.2, 0.25) is 0 Å². The number of rotatable bonds is 3. The van der Waals surface area contributed by atoms with Gasteiger partial charge in [-0.05, 0) is 6.92 Å². The van der Waals surface area contributed by atoms with Gasteiger partial charge in [-0.1, -0.05) is 0 Å². The fraction of sp³-hybridized carbons (Fsp3) is 0.800. The Kier molecular flexibility index (Phi) is 9.13. The molecule has 3 nitrogen and oxygen atoms in total. The molecule has 0 saturated carbocycles. The predicted molar refractivity (Wildman–Crippen MR) is 45.7 cm³/mol. The summed E-state index contributed by atoms with van der Waals surface area (Å²) in [5.74, 6) is -0.0498. The maximum atomic E-state index is 10.6. The molecule has 1 atom stereocenters. The third-order valence-electron chi connectivity index (χ3n) is 0.786. The lowest BCUT2D eigenvalue weighted by molar-refractivity contribution is -0.144. The van der Waals surface area contributed by atoms with Crippen LogP contribution in [0.5, 0.6) is 0 Å². The topological polar surface area (TPSA) is 52.3 Å². The molecule has 62 valence electrons. The molecule has 0 saturated heterocycles. The Morgan fingerprint density at radius 3 is 2.60 bits per heavy atom. The Bertz CT molecular complexity index is 102. The smallest absolute Gasteiger partial charge is 0.323 e. The van der Waals surface area contributed by atoms with Gasteiger partial charge in [-0.2, -0.15) is 12.6 Å². The monoisotopic (exact) mass is 186 g/mol. The molecule has 0 aliphatic heterocycles. The van der Waals surface area contributed by atoms with E-state index in [9.17, 15) is 4.79 Å². The fourth-order valence-corrected chi connectivity index (χ4v) is 0.473. The first kappa shape index (κ1) is 12.7. The third kappa shape index (κ3) is 4.90. The highest BCUT2D eigenvalue weighted by Gasteiger charge is 2.10. The summed E-state index contributed by atoms with van der Waals surface area (Å²) in [6, 6.07) is -0.576. The molecule has 0 aromatic rings. The summed E-state index contributed by atoms with van der Waals surface area (Å²) < 4.78 is 4.58. The molecule has 0 rings (SSSR count). The van der Waals surface area contributed by atoms with Crippen LogP contribution in [0.15, 0.2) is 0 Å². The Hall–Kier alpha value is 0.0700. The minimum Gasteiger partial charge on any atom is -0.465 e. The normalized spacial score (nSPS) is 11.5. The number of ether oxygens (including phenoxy) is 1. The van der Waals surface area contributed by atoms with E-state index in [0.717, 1.165) is 0 Å². The lowest BCUT2D eigenvalue weighted by atomic mass is 10.5. The average Bonchev–Trinajstić information content (AvgIpc) is 1.87. The van der Waals surface area contributed by atoms with Gasteiger partial charge in [-0.3, -0.25) is 4.79 Å². The van der Waals surface area contributed by atoms with Gasteiger partial charge in [0.15, 0.2) is 0 Å². The van der Waals surface area contributed by atoms with Gasteiger partial charge < -0.3 is 10.5 Å². The summed E-state index contributed by atoms with van der Waals surface area (Å²) in [5.41, 5.74) is 5.25. The van der Waals surface area contributed by atoms with Crippen LogP contribution in [0.25, 0.3) is 0 Å². The molecule has 0 aliphatic carbocycles. The molecule has 5 heteroatoms. The summed E-state index contributed by atoms with van der Waals surface area (Å²) in [6.45, 7) is 2.11. The van der Waals surface area contributed by atoms with Gasteiger partial charge in [0, 0.05) is 5.75 Å². The molecule has 0 fully saturated rings. The van der Waals surface area contributed by atoms with E-state index in [2.05, 4.69) is 17.4 Å². The molecule has 2 N–H and O–H groups in total. The quantitative estimate of drug-likeness (QED) is 0.377.